The van der Waals surface area contributed by atoms with Crippen molar-refractivity contribution in [2.24, 2.45) is 0 Å². The van der Waals surface area contributed by atoms with Gasteiger partial charge >= 0.3 is 0 Å². The molecule has 0 aliphatic carbocycles. The maximum Gasteiger partial charge on any atom is 0.260 e. The van der Waals surface area contributed by atoms with E-state index in [1.807, 2.05) is 0 Å². The summed E-state index contributed by atoms with van der Waals surface area (Å²) in [5.41, 5.74) is 0. The molecule has 140 valence electrons. The Kier molecular flexibility index (Phi) is 6.24. The van der Waals surface area contributed by atoms with Gasteiger partial charge in [-0.3, -0.25) is 4.79 Å². The standard InChI is InChI=1S/C16H16BrClN2O4S2/c17-12-3-4-14(13(18)10-12)24-11-15(21)19-5-7-20(8-6-19)26(22,23)16-2-1-9-25-16/h1-4,9-10H,5-8,11H2. The zero-order valence-electron chi connectivity index (χ0n) is 13.6. The van der Waals surface area contributed by atoms with E-state index in [4.69, 9.17) is 16.3 Å². The van der Waals surface area contributed by atoms with Crippen LogP contribution in [0.2, 0.25) is 5.02 Å². The molecule has 1 aliphatic rings. The molecule has 0 atom stereocenters. The molecule has 10 heteroatoms. The molecule has 1 saturated heterocycles. The fourth-order valence-corrected chi connectivity index (χ4v) is 5.83. The molecule has 2 aromatic rings. The van der Waals surface area contributed by atoms with Crippen LogP contribution in [0.5, 0.6) is 5.75 Å². The Bertz CT molecular complexity index is 882. The molecular formula is C16H16BrClN2O4S2. The van der Waals surface area contributed by atoms with Crippen LogP contribution in [0, 0.1) is 0 Å². The van der Waals surface area contributed by atoms with Crippen LogP contribution in [0.3, 0.4) is 0 Å². The van der Waals surface area contributed by atoms with Crippen molar-refractivity contribution in [1.82, 2.24) is 9.21 Å². The third-order valence-corrected chi connectivity index (χ3v) is 7.99. The molecule has 0 saturated carbocycles. The molecule has 0 bridgehead atoms. The minimum absolute atomic E-state index is 0.140. The van der Waals surface area contributed by atoms with E-state index in [0.717, 1.165) is 4.47 Å². The summed E-state index contributed by atoms with van der Waals surface area (Å²) in [4.78, 5) is 13.9. The highest BCUT2D eigenvalue weighted by Gasteiger charge is 2.30. The lowest BCUT2D eigenvalue weighted by Gasteiger charge is -2.33. The van der Waals surface area contributed by atoms with Crippen molar-refractivity contribution in [2.75, 3.05) is 32.8 Å². The fraction of sp³-hybridized carbons (Fsp3) is 0.312. The van der Waals surface area contributed by atoms with E-state index < -0.39 is 10.0 Å². The fourth-order valence-electron chi connectivity index (χ4n) is 2.54. The molecule has 1 aromatic carbocycles. The van der Waals surface area contributed by atoms with Crippen LogP contribution in [0.15, 0.2) is 44.4 Å². The number of halogens is 2. The molecule has 26 heavy (non-hydrogen) atoms. The Morgan fingerprint density at radius 1 is 1.23 bits per heavy atom. The van der Waals surface area contributed by atoms with E-state index in [0.29, 0.717) is 28.1 Å². The summed E-state index contributed by atoms with van der Waals surface area (Å²) in [5.74, 6) is 0.235. The van der Waals surface area contributed by atoms with Gasteiger partial charge in [0.2, 0.25) is 0 Å². The van der Waals surface area contributed by atoms with Crippen LogP contribution in [0.25, 0.3) is 0 Å². The number of benzene rings is 1. The van der Waals surface area contributed by atoms with E-state index in [1.54, 1.807) is 40.6 Å². The lowest BCUT2D eigenvalue weighted by molar-refractivity contribution is -0.134. The zero-order chi connectivity index (χ0) is 18.7. The van der Waals surface area contributed by atoms with E-state index in [2.05, 4.69) is 15.9 Å². The number of nitrogens with zero attached hydrogens (tertiary/aromatic N) is 2. The highest BCUT2D eigenvalue weighted by molar-refractivity contribution is 9.10. The Morgan fingerprint density at radius 2 is 1.96 bits per heavy atom. The molecule has 0 N–H and O–H groups in total. The number of hydrogen-bond donors (Lipinski definition) is 0. The van der Waals surface area contributed by atoms with Gasteiger partial charge < -0.3 is 9.64 Å². The number of sulfonamides is 1. The van der Waals surface area contributed by atoms with Gasteiger partial charge in [0.05, 0.1) is 5.02 Å². The highest BCUT2D eigenvalue weighted by Crippen LogP contribution is 2.28. The van der Waals surface area contributed by atoms with Gasteiger partial charge in [-0.15, -0.1) is 11.3 Å². The topological polar surface area (TPSA) is 66.9 Å². The second kappa shape index (κ2) is 8.26. The second-order valence-corrected chi connectivity index (χ2v) is 10.0. The van der Waals surface area contributed by atoms with E-state index in [9.17, 15) is 13.2 Å². The molecular weight excluding hydrogens is 464 g/mol. The number of thiophene rings is 1. The van der Waals surface area contributed by atoms with E-state index in [-0.39, 0.29) is 25.6 Å². The minimum Gasteiger partial charge on any atom is -0.482 e. The van der Waals surface area contributed by atoms with Gasteiger partial charge in [-0.1, -0.05) is 33.6 Å². The quantitative estimate of drug-likeness (QED) is 0.661. The molecule has 0 unspecified atom stereocenters. The van der Waals surface area contributed by atoms with Gasteiger partial charge in [0, 0.05) is 30.7 Å². The molecule has 6 nitrogen and oxygen atoms in total. The largest absolute Gasteiger partial charge is 0.482 e. The summed E-state index contributed by atoms with van der Waals surface area (Å²) < 4.78 is 33.0. The lowest BCUT2D eigenvalue weighted by atomic mass is 10.3. The molecule has 3 rings (SSSR count). The van der Waals surface area contributed by atoms with Crippen molar-refractivity contribution >= 4 is 54.8 Å². The van der Waals surface area contributed by atoms with Crippen LogP contribution >= 0.6 is 38.9 Å². The van der Waals surface area contributed by atoms with Gasteiger partial charge in [0.25, 0.3) is 15.9 Å². The summed E-state index contributed by atoms with van der Waals surface area (Å²) in [6.07, 6.45) is 0. The number of amides is 1. The Morgan fingerprint density at radius 3 is 2.58 bits per heavy atom. The summed E-state index contributed by atoms with van der Waals surface area (Å²) in [6.45, 7) is 1.07. The highest BCUT2D eigenvalue weighted by atomic mass is 79.9. The first-order valence-electron chi connectivity index (χ1n) is 7.77. The Labute approximate surface area is 169 Å². The second-order valence-electron chi connectivity index (χ2n) is 5.58. The summed E-state index contributed by atoms with van der Waals surface area (Å²) in [6, 6.07) is 8.45. The van der Waals surface area contributed by atoms with Crippen LogP contribution in [0.1, 0.15) is 0 Å². The monoisotopic (exact) mass is 478 g/mol. The molecule has 1 aromatic heterocycles. The zero-order valence-corrected chi connectivity index (χ0v) is 17.6. The van der Waals surface area contributed by atoms with Crippen LogP contribution in [-0.2, 0) is 14.8 Å². The minimum atomic E-state index is -3.47. The van der Waals surface area contributed by atoms with Crippen molar-refractivity contribution in [1.29, 1.82) is 0 Å². The third-order valence-electron chi connectivity index (χ3n) is 3.93. The third kappa shape index (κ3) is 4.40. The van der Waals surface area contributed by atoms with Crippen molar-refractivity contribution < 1.29 is 17.9 Å². The first kappa shape index (κ1) is 19.6. The summed E-state index contributed by atoms with van der Waals surface area (Å²) >= 11 is 10.6. The SMILES string of the molecule is O=C(COc1ccc(Br)cc1Cl)N1CCN(S(=O)(=O)c2cccs2)CC1. The van der Waals surface area contributed by atoms with Crippen molar-refractivity contribution in [2.45, 2.75) is 4.21 Å². The normalized spacial score (nSPS) is 15.8. The van der Waals surface area contributed by atoms with E-state index >= 15 is 0 Å². The Balaban J connectivity index is 1.54. The molecule has 2 heterocycles. The van der Waals surface area contributed by atoms with Gasteiger partial charge in [0.1, 0.15) is 9.96 Å². The van der Waals surface area contributed by atoms with Crippen LogP contribution in [-0.4, -0.2) is 56.3 Å². The van der Waals surface area contributed by atoms with E-state index in [1.165, 1.54) is 15.6 Å². The van der Waals surface area contributed by atoms with Gasteiger partial charge in [-0.25, -0.2) is 8.42 Å². The van der Waals surface area contributed by atoms with Gasteiger partial charge in [-0.05, 0) is 29.6 Å². The molecule has 1 fully saturated rings. The van der Waals surface area contributed by atoms with Crippen molar-refractivity contribution in [3.8, 4) is 5.75 Å². The van der Waals surface area contributed by atoms with Gasteiger partial charge in [0.15, 0.2) is 6.61 Å². The summed E-state index contributed by atoms with van der Waals surface area (Å²) in [7, 11) is -3.47. The molecule has 1 amide bonds. The summed E-state index contributed by atoms with van der Waals surface area (Å²) in [5, 5.41) is 2.15. The average Bonchev–Trinajstić information content (AvgIpc) is 3.16. The number of ether oxygens (including phenoxy) is 1. The van der Waals surface area contributed by atoms with Crippen LogP contribution < -0.4 is 4.74 Å². The first-order valence-corrected chi connectivity index (χ1v) is 11.3. The number of carbonyl (C=O) groups is 1. The van der Waals surface area contributed by atoms with Gasteiger partial charge in [-0.2, -0.15) is 4.31 Å². The average molecular weight is 480 g/mol. The smallest absolute Gasteiger partial charge is 0.260 e. The predicted molar refractivity (Wildman–Crippen MR) is 104 cm³/mol. The molecule has 1 aliphatic heterocycles. The number of piperazine rings is 1. The first-order chi connectivity index (χ1) is 12.4. The number of carbonyl (C=O) groups excluding carboxylic acids is 1. The predicted octanol–water partition coefficient (Wildman–Crippen LogP) is 3.08. The maximum absolute atomic E-state index is 12.5. The van der Waals surface area contributed by atoms with Crippen LogP contribution in [0.4, 0.5) is 0 Å². The Hall–Kier alpha value is -1.13. The van der Waals surface area contributed by atoms with Crippen molar-refractivity contribution in [3.05, 3.63) is 45.2 Å². The molecule has 0 radical (unpaired) electrons. The number of hydrogen-bond acceptors (Lipinski definition) is 5. The van der Waals surface area contributed by atoms with Crippen molar-refractivity contribution in [3.63, 3.8) is 0 Å². The lowest BCUT2D eigenvalue weighted by Crippen LogP contribution is -2.51. The number of rotatable bonds is 5. The maximum atomic E-state index is 12.5. The molecule has 0 spiro atoms.